The third kappa shape index (κ3) is 2.67. The lowest BCUT2D eigenvalue weighted by molar-refractivity contribution is 0.575. The highest BCUT2D eigenvalue weighted by molar-refractivity contribution is 5.48. The molecule has 0 aromatic heterocycles. The van der Waals surface area contributed by atoms with Gasteiger partial charge in [-0.15, -0.1) is 0 Å². The van der Waals surface area contributed by atoms with Crippen molar-refractivity contribution in [3.63, 3.8) is 0 Å². The van der Waals surface area contributed by atoms with Crippen LogP contribution in [-0.2, 0) is 0 Å². The van der Waals surface area contributed by atoms with Crippen LogP contribution in [0, 0.1) is 30.4 Å². The summed E-state index contributed by atoms with van der Waals surface area (Å²) in [6.07, 6.45) is 0. The van der Waals surface area contributed by atoms with Crippen molar-refractivity contribution in [2.75, 3.05) is 5.73 Å². The molecule has 1 nitrogen and oxygen atoms in total. The molecule has 0 radical (unpaired) electrons. The molecule has 0 aliphatic carbocycles. The van der Waals surface area contributed by atoms with E-state index in [2.05, 4.69) is 11.8 Å². The Balaban J connectivity index is 2.38. The van der Waals surface area contributed by atoms with Gasteiger partial charge in [-0.25, -0.2) is 8.78 Å². The number of hydrogen-bond acceptors (Lipinski definition) is 1. The summed E-state index contributed by atoms with van der Waals surface area (Å²) < 4.78 is 27.0. The number of anilines is 1. The van der Waals surface area contributed by atoms with Crippen molar-refractivity contribution in [2.45, 2.75) is 6.92 Å². The zero-order valence-corrected chi connectivity index (χ0v) is 9.80. The van der Waals surface area contributed by atoms with E-state index in [9.17, 15) is 8.78 Å². The summed E-state index contributed by atoms with van der Waals surface area (Å²) in [5.41, 5.74) is 7.13. The van der Waals surface area contributed by atoms with Crippen LogP contribution >= 0.6 is 0 Å². The van der Waals surface area contributed by atoms with Crippen molar-refractivity contribution < 1.29 is 8.78 Å². The fraction of sp³-hybridized carbons (Fsp3) is 0.0667. The molecular weight excluding hydrogens is 232 g/mol. The SMILES string of the molecule is Cc1cc(F)c(C#Cc2ccc(N)cc2)c(F)c1. The smallest absolute Gasteiger partial charge is 0.142 e. The molecule has 2 aromatic carbocycles. The molecule has 0 heterocycles. The lowest BCUT2D eigenvalue weighted by Gasteiger charge is -1.99. The van der Waals surface area contributed by atoms with Crippen molar-refractivity contribution in [3.05, 3.63) is 64.7 Å². The monoisotopic (exact) mass is 243 g/mol. The Morgan fingerprint density at radius 3 is 2.06 bits per heavy atom. The molecule has 0 bridgehead atoms. The summed E-state index contributed by atoms with van der Waals surface area (Å²) in [6.45, 7) is 1.63. The fourth-order valence-corrected chi connectivity index (χ4v) is 1.52. The highest BCUT2D eigenvalue weighted by Gasteiger charge is 2.06. The fourth-order valence-electron chi connectivity index (χ4n) is 1.52. The highest BCUT2D eigenvalue weighted by atomic mass is 19.1. The molecule has 0 spiro atoms. The summed E-state index contributed by atoms with van der Waals surface area (Å²) in [5.74, 6) is 3.92. The van der Waals surface area contributed by atoms with Crippen LogP contribution in [0.2, 0.25) is 0 Å². The average Bonchev–Trinajstić information content (AvgIpc) is 2.30. The van der Waals surface area contributed by atoms with E-state index in [1.807, 2.05) is 0 Å². The van der Waals surface area contributed by atoms with Crippen LogP contribution in [0.25, 0.3) is 0 Å². The zero-order valence-electron chi connectivity index (χ0n) is 9.80. The number of nitrogen functional groups attached to an aromatic ring is 1. The zero-order chi connectivity index (χ0) is 13.1. The molecule has 18 heavy (non-hydrogen) atoms. The second-order valence-electron chi connectivity index (χ2n) is 3.98. The van der Waals surface area contributed by atoms with Crippen molar-refractivity contribution in [2.24, 2.45) is 0 Å². The maximum absolute atomic E-state index is 13.5. The van der Waals surface area contributed by atoms with Gasteiger partial charge >= 0.3 is 0 Å². The Labute approximate surface area is 104 Å². The molecule has 90 valence electrons. The normalized spacial score (nSPS) is 9.72. The first kappa shape index (κ1) is 12.1. The Kier molecular flexibility index (Phi) is 3.29. The first-order valence-corrected chi connectivity index (χ1v) is 5.39. The number of aryl methyl sites for hydroxylation is 1. The molecule has 0 aliphatic rings. The van der Waals surface area contributed by atoms with E-state index in [0.29, 0.717) is 16.8 Å². The Hall–Kier alpha value is -2.34. The maximum atomic E-state index is 13.5. The van der Waals surface area contributed by atoms with E-state index in [1.165, 1.54) is 12.1 Å². The van der Waals surface area contributed by atoms with Crippen LogP contribution in [0.4, 0.5) is 14.5 Å². The van der Waals surface area contributed by atoms with Crippen LogP contribution < -0.4 is 5.73 Å². The number of halogens is 2. The minimum atomic E-state index is -0.643. The lowest BCUT2D eigenvalue weighted by Crippen LogP contribution is -1.91. The number of hydrogen-bond donors (Lipinski definition) is 1. The van der Waals surface area contributed by atoms with E-state index in [4.69, 9.17) is 5.73 Å². The van der Waals surface area contributed by atoms with Gasteiger partial charge in [-0.1, -0.05) is 11.8 Å². The first-order valence-electron chi connectivity index (χ1n) is 5.39. The molecule has 0 amide bonds. The molecule has 3 heteroatoms. The van der Waals surface area contributed by atoms with Crippen LogP contribution in [0.3, 0.4) is 0 Å². The molecule has 0 aliphatic heterocycles. The second-order valence-corrected chi connectivity index (χ2v) is 3.98. The van der Waals surface area contributed by atoms with Gasteiger partial charge in [-0.3, -0.25) is 0 Å². The minimum absolute atomic E-state index is 0.211. The molecule has 2 aromatic rings. The molecular formula is C15H11F2N. The Morgan fingerprint density at radius 2 is 1.50 bits per heavy atom. The van der Waals surface area contributed by atoms with Crippen LogP contribution in [0.5, 0.6) is 0 Å². The number of benzene rings is 2. The first-order chi connectivity index (χ1) is 8.56. The van der Waals surface area contributed by atoms with E-state index >= 15 is 0 Å². The topological polar surface area (TPSA) is 26.0 Å². The van der Waals surface area contributed by atoms with Gasteiger partial charge in [0.05, 0.1) is 5.56 Å². The van der Waals surface area contributed by atoms with Gasteiger partial charge in [0.25, 0.3) is 0 Å². The van der Waals surface area contributed by atoms with Gasteiger partial charge < -0.3 is 5.73 Å². The van der Waals surface area contributed by atoms with Crippen molar-refractivity contribution in [3.8, 4) is 11.8 Å². The quantitative estimate of drug-likeness (QED) is 0.558. The van der Waals surface area contributed by atoms with E-state index in [-0.39, 0.29) is 5.56 Å². The van der Waals surface area contributed by atoms with Gasteiger partial charge in [0.15, 0.2) is 0 Å². The summed E-state index contributed by atoms with van der Waals surface area (Å²) in [7, 11) is 0. The van der Waals surface area contributed by atoms with Gasteiger partial charge in [0.1, 0.15) is 11.6 Å². The second kappa shape index (κ2) is 4.89. The molecule has 0 saturated heterocycles. The van der Waals surface area contributed by atoms with E-state index < -0.39 is 11.6 Å². The standard InChI is InChI=1S/C15H11F2N/c1-10-8-14(16)13(15(17)9-10)7-4-11-2-5-12(18)6-3-11/h2-3,5-6,8-9H,18H2,1H3. The highest BCUT2D eigenvalue weighted by Crippen LogP contribution is 2.14. The van der Waals surface area contributed by atoms with E-state index in [0.717, 1.165) is 0 Å². The Bertz CT molecular complexity index is 611. The molecule has 2 rings (SSSR count). The predicted molar refractivity (Wildman–Crippen MR) is 67.9 cm³/mol. The third-order valence-electron chi connectivity index (χ3n) is 2.43. The maximum Gasteiger partial charge on any atom is 0.142 e. The number of nitrogens with two attached hydrogens (primary N) is 1. The average molecular weight is 243 g/mol. The van der Waals surface area contributed by atoms with Crippen molar-refractivity contribution in [1.82, 2.24) is 0 Å². The number of rotatable bonds is 0. The molecule has 2 N–H and O–H groups in total. The van der Waals surface area contributed by atoms with Crippen molar-refractivity contribution >= 4 is 5.69 Å². The summed E-state index contributed by atoms with van der Waals surface area (Å²) in [5, 5.41) is 0. The van der Waals surface area contributed by atoms with Gasteiger partial charge in [0, 0.05) is 11.3 Å². The lowest BCUT2D eigenvalue weighted by atomic mass is 10.1. The van der Waals surface area contributed by atoms with Crippen LogP contribution in [-0.4, -0.2) is 0 Å². The van der Waals surface area contributed by atoms with Crippen LogP contribution in [0.1, 0.15) is 16.7 Å². The Morgan fingerprint density at radius 1 is 0.944 bits per heavy atom. The molecule has 0 atom stereocenters. The summed E-state index contributed by atoms with van der Waals surface area (Å²) in [6, 6.07) is 9.29. The van der Waals surface area contributed by atoms with Crippen LogP contribution in [0.15, 0.2) is 36.4 Å². The third-order valence-corrected chi connectivity index (χ3v) is 2.43. The largest absolute Gasteiger partial charge is 0.399 e. The summed E-state index contributed by atoms with van der Waals surface area (Å²) in [4.78, 5) is 0. The van der Waals surface area contributed by atoms with Crippen molar-refractivity contribution in [1.29, 1.82) is 0 Å². The predicted octanol–water partition coefficient (Wildman–Crippen LogP) is 3.26. The molecule has 0 saturated carbocycles. The molecule has 0 fully saturated rings. The summed E-state index contributed by atoms with van der Waals surface area (Å²) >= 11 is 0. The molecule has 0 unspecified atom stereocenters. The minimum Gasteiger partial charge on any atom is -0.399 e. The van der Waals surface area contributed by atoms with Gasteiger partial charge in [0.2, 0.25) is 0 Å². The van der Waals surface area contributed by atoms with Gasteiger partial charge in [-0.2, -0.15) is 0 Å². The van der Waals surface area contributed by atoms with Gasteiger partial charge in [-0.05, 0) is 48.9 Å². The van der Waals surface area contributed by atoms with E-state index in [1.54, 1.807) is 31.2 Å².